The normalized spacial score (nSPS) is 13.8. The number of thioether (sulfide) groups is 2. The quantitative estimate of drug-likeness (QED) is 0.367. The summed E-state index contributed by atoms with van der Waals surface area (Å²) in [6, 6.07) is 15.9. The third kappa shape index (κ3) is 3.66. The maximum atomic E-state index is 6.05. The zero-order valence-electron chi connectivity index (χ0n) is 15.8. The van der Waals surface area contributed by atoms with Gasteiger partial charge in [0.1, 0.15) is 11.6 Å². The van der Waals surface area contributed by atoms with Crippen LogP contribution in [0.2, 0.25) is 0 Å². The second kappa shape index (κ2) is 7.88. The number of nitrogens with zero attached hydrogens (tertiary/aromatic N) is 4. The van der Waals surface area contributed by atoms with Gasteiger partial charge >= 0.3 is 0 Å². The van der Waals surface area contributed by atoms with Crippen LogP contribution in [0.4, 0.5) is 0 Å². The summed E-state index contributed by atoms with van der Waals surface area (Å²) in [6.45, 7) is 0. The Balaban J connectivity index is 1.38. The van der Waals surface area contributed by atoms with Gasteiger partial charge in [0.25, 0.3) is 0 Å². The minimum Gasteiger partial charge on any atom is -0.382 e. The summed E-state index contributed by atoms with van der Waals surface area (Å²) in [7, 11) is 0. The molecule has 0 bridgehead atoms. The van der Waals surface area contributed by atoms with E-state index in [2.05, 4.69) is 30.1 Å². The molecule has 0 spiro atoms. The van der Waals surface area contributed by atoms with Gasteiger partial charge in [-0.1, -0.05) is 24.3 Å². The Labute approximate surface area is 180 Å². The van der Waals surface area contributed by atoms with Crippen molar-refractivity contribution in [2.45, 2.75) is 11.5 Å². The second-order valence-electron chi connectivity index (χ2n) is 6.61. The molecule has 0 saturated heterocycles. The molecule has 150 valence electrons. The smallest absolute Gasteiger partial charge is 0.158 e. The summed E-state index contributed by atoms with van der Waals surface area (Å²) in [5.74, 6) is 3.70. The molecule has 1 aliphatic heterocycles. The maximum absolute atomic E-state index is 6.05. The van der Waals surface area contributed by atoms with E-state index in [4.69, 9.17) is 11.5 Å². The molecule has 0 unspecified atom stereocenters. The number of nitrogens with one attached hydrogen (secondary N) is 2. The fourth-order valence-electron chi connectivity index (χ4n) is 3.15. The first-order chi connectivity index (χ1) is 14.7. The molecule has 3 heterocycles. The zero-order chi connectivity index (χ0) is 20.5. The predicted octanol–water partition coefficient (Wildman–Crippen LogP) is 3.46. The van der Waals surface area contributed by atoms with Crippen molar-refractivity contribution in [1.82, 2.24) is 19.9 Å². The van der Waals surface area contributed by atoms with Crippen molar-refractivity contribution in [2.75, 3.05) is 0 Å². The number of aromatic nitrogens is 4. The first kappa shape index (κ1) is 18.8. The molecule has 0 atom stereocenters. The summed E-state index contributed by atoms with van der Waals surface area (Å²) in [5.41, 5.74) is 16.7. The molecule has 0 aliphatic carbocycles. The summed E-state index contributed by atoms with van der Waals surface area (Å²) in [5, 5.41) is 7.85. The fraction of sp³-hybridized carbons (Fsp3) is 0.100. The highest BCUT2D eigenvalue weighted by atomic mass is 32.2. The summed E-state index contributed by atoms with van der Waals surface area (Å²) in [4.78, 5) is 16.0. The zero-order valence-corrected chi connectivity index (χ0v) is 17.4. The van der Waals surface area contributed by atoms with Gasteiger partial charge in [0, 0.05) is 0 Å². The number of hydrogen-bond acceptors (Lipinski definition) is 8. The number of aromatic amines is 2. The predicted molar refractivity (Wildman–Crippen MR) is 125 cm³/mol. The monoisotopic (exact) mass is 434 g/mol. The summed E-state index contributed by atoms with van der Waals surface area (Å²) in [6.07, 6.45) is 0. The topological polar surface area (TPSA) is 134 Å². The minimum absolute atomic E-state index is 0.330. The van der Waals surface area contributed by atoms with Gasteiger partial charge < -0.3 is 21.4 Å². The number of H-pyrrole nitrogens is 2. The van der Waals surface area contributed by atoms with E-state index in [0.717, 1.165) is 38.0 Å². The van der Waals surface area contributed by atoms with Crippen LogP contribution >= 0.6 is 23.5 Å². The first-order valence-electron chi connectivity index (χ1n) is 9.22. The Morgan fingerprint density at radius 1 is 0.733 bits per heavy atom. The van der Waals surface area contributed by atoms with Gasteiger partial charge in [-0.15, -0.1) is 33.7 Å². The van der Waals surface area contributed by atoms with Crippen molar-refractivity contribution in [3.05, 3.63) is 70.0 Å². The molecule has 0 saturated carbocycles. The van der Waals surface area contributed by atoms with Crippen molar-refractivity contribution >= 4 is 57.3 Å². The SMILES string of the molecule is NC1=NN=C(N)C1=C(SCc1nc2ccccc2[nH]1)SCc1nc2ccccc2[nH]1. The average molecular weight is 435 g/mol. The Morgan fingerprint density at radius 2 is 1.20 bits per heavy atom. The van der Waals surface area contributed by atoms with Gasteiger partial charge in [0.15, 0.2) is 11.7 Å². The van der Waals surface area contributed by atoms with Gasteiger partial charge in [-0.05, 0) is 24.3 Å². The van der Waals surface area contributed by atoms with Crippen molar-refractivity contribution in [3.8, 4) is 0 Å². The Bertz CT molecular complexity index is 1160. The summed E-state index contributed by atoms with van der Waals surface area (Å²) >= 11 is 3.21. The lowest BCUT2D eigenvalue weighted by Crippen LogP contribution is -2.23. The van der Waals surface area contributed by atoms with Crippen LogP contribution in [0.1, 0.15) is 11.6 Å². The number of amidine groups is 2. The molecular weight excluding hydrogens is 416 g/mol. The molecule has 10 heteroatoms. The third-order valence-corrected chi connectivity index (χ3v) is 7.01. The third-order valence-electron chi connectivity index (χ3n) is 4.54. The van der Waals surface area contributed by atoms with E-state index in [1.165, 1.54) is 0 Å². The lowest BCUT2D eigenvalue weighted by atomic mass is 10.3. The molecule has 1 aliphatic rings. The van der Waals surface area contributed by atoms with E-state index in [-0.39, 0.29) is 0 Å². The molecule has 0 amide bonds. The van der Waals surface area contributed by atoms with Crippen molar-refractivity contribution in [1.29, 1.82) is 0 Å². The second-order valence-corrected chi connectivity index (χ2v) is 8.84. The van der Waals surface area contributed by atoms with Gasteiger partial charge in [-0.25, -0.2) is 9.97 Å². The molecule has 2 aromatic carbocycles. The van der Waals surface area contributed by atoms with Crippen molar-refractivity contribution in [3.63, 3.8) is 0 Å². The van der Waals surface area contributed by atoms with Crippen molar-refractivity contribution in [2.24, 2.45) is 21.7 Å². The number of rotatable bonds is 6. The van der Waals surface area contributed by atoms with Gasteiger partial charge in [0.2, 0.25) is 0 Å². The van der Waals surface area contributed by atoms with Crippen LogP contribution in [0.25, 0.3) is 22.1 Å². The number of hydrogen-bond donors (Lipinski definition) is 4. The molecule has 5 rings (SSSR count). The van der Waals surface area contributed by atoms with E-state index in [0.29, 0.717) is 28.8 Å². The highest BCUT2D eigenvalue weighted by Gasteiger charge is 2.22. The van der Waals surface area contributed by atoms with Crippen LogP contribution in [0.5, 0.6) is 0 Å². The lowest BCUT2D eigenvalue weighted by molar-refractivity contribution is 1.14. The van der Waals surface area contributed by atoms with Crippen LogP contribution in [0.3, 0.4) is 0 Å². The lowest BCUT2D eigenvalue weighted by Gasteiger charge is -2.10. The molecule has 4 aromatic rings. The van der Waals surface area contributed by atoms with E-state index in [9.17, 15) is 0 Å². The Kier molecular flexibility index (Phi) is 4.93. The van der Waals surface area contributed by atoms with E-state index in [1.54, 1.807) is 23.5 Å². The first-order valence-corrected chi connectivity index (χ1v) is 11.2. The standard InChI is InChI=1S/C20H18N8S2/c21-18-17(19(22)28-27-18)20(29-9-15-23-11-5-1-2-6-12(11)24-15)30-10-16-25-13-7-3-4-8-14(13)26-16/h1-8H,9-10H2,(H2,21,27)(H2,22,28)(H,23,24)(H,25,26). The number of benzene rings is 2. The Morgan fingerprint density at radius 3 is 1.67 bits per heavy atom. The fourth-order valence-corrected chi connectivity index (χ4v) is 5.35. The minimum atomic E-state index is 0.330. The van der Waals surface area contributed by atoms with Gasteiger partial charge in [-0.3, -0.25) is 0 Å². The average Bonchev–Trinajstić information content (AvgIpc) is 3.45. The molecular formula is C20H18N8S2. The number of fused-ring (bicyclic) bond motifs is 2. The maximum Gasteiger partial charge on any atom is 0.158 e. The summed E-state index contributed by atoms with van der Waals surface area (Å²) < 4.78 is 0.941. The van der Waals surface area contributed by atoms with E-state index < -0.39 is 0 Å². The molecule has 30 heavy (non-hydrogen) atoms. The molecule has 0 fully saturated rings. The van der Waals surface area contributed by atoms with Crippen LogP contribution in [0, 0.1) is 0 Å². The van der Waals surface area contributed by atoms with Gasteiger partial charge in [0.05, 0.1) is 43.4 Å². The van der Waals surface area contributed by atoms with E-state index >= 15 is 0 Å². The van der Waals surface area contributed by atoms with Crippen molar-refractivity contribution < 1.29 is 0 Å². The number of para-hydroxylation sites is 4. The molecule has 8 nitrogen and oxygen atoms in total. The van der Waals surface area contributed by atoms with Crippen LogP contribution < -0.4 is 11.5 Å². The molecule has 6 N–H and O–H groups in total. The largest absolute Gasteiger partial charge is 0.382 e. The van der Waals surface area contributed by atoms with Crippen LogP contribution in [-0.2, 0) is 11.5 Å². The van der Waals surface area contributed by atoms with Crippen LogP contribution in [-0.4, -0.2) is 31.6 Å². The number of nitrogens with two attached hydrogens (primary N) is 2. The van der Waals surface area contributed by atoms with Crippen LogP contribution in [0.15, 0.2) is 68.5 Å². The molecule has 2 aromatic heterocycles. The van der Waals surface area contributed by atoms with Gasteiger partial charge in [-0.2, -0.15) is 0 Å². The molecule has 0 radical (unpaired) electrons. The highest BCUT2D eigenvalue weighted by Crippen LogP contribution is 2.37. The Hall–Kier alpha value is -3.24. The number of imidazole rings is 2. The van der Waals surface area contributed by atoms with E-state index in [1.807, 2.05) is 48.5 Å². The highest BCUT2D eigenvalue weighted by molar-refractivity contribution is 8.21.